The second-order valence-electron chi connectivity index (χ2n) is 8.78. The van der Waals surface area contributed by atoms with Crippen LogP contribution < -0.4 is 19.2 Å². The van der Waals surface area contributed by atoms with E-state index in [1.807, 2.05) is 18.2 Å². The summed E-state index contributed by atoms with van der Waals surface area (Å²) < 4.78 is 39.6. The Labute approximate surface area is 261 Å². The van der Waals surface area contributed by atoms with Crippen LogP contribution >= 0.6 is 27.5 Å². The molecule has 0 unspecified atom stereocenters. The number of sulfonamides is 1. The van der Waals surface area contributed by atoms with E-state index in [0.29, 0.717) is 30.9 Å². The van der Waals surface area contributed by atoms with Crippen LogP contribution in [0, 0.1) is 10.1 Å². The highest BCUT2D eigenvalue weighted by molar-refractivity contribution is 9.10. The number of amides is 1. The molecule has 0 aliphatic rings. The van der Waals surface area contributed by atoms with E-state index in [2.05, 4.69) is 26.5 Å². The standard InChI is InChI=1S/C29H24BrClN4O7S/c1-41-27-16-20(15-23(30)29(27)42-19-21-9-5-6-12-24(21)31)17-32-33-28(36)18-34(25-13-7-8-14-26(25)35(37)38)43(39,40)22-10-3-2-4-11-22/h2-17H,18-19H2,1H3,(H,33,36)/b32-17-. The minimum Gasteiger partial charge on any atom is -0.493 e. The van der Waals surface area contributed by atoms with Crippen molar-refractivity contribution in [3.8, 4) is 11.5 Å². The first-order chi connectivity index (χ1) is 20.6. The molecule has 0 saturated heterocycles. The fourth-order valence-electron chi connectivity index (χ4n) is 3.91. The summed E-state index contributed by atoms with van der Waals surface area (Å²) in [5, 5.41) is 16.2. The molecule has 0 atom stereocenters. The van der Waals surface area contributed by atoms with Crippen LogP contribution in [0.1, 0.15) is 11.1 Å². The number of nitrogens with one attached hydrogen (secondary N) is 1. The van der Waals surface area contributed by atoms with Crippen LogP contribution in [0.2, 0.25) is 5.02 Å². The molecule has 222 valence electrons. The Morgan fingerprint density at radius 3 is 2.44 bits per heavy atom. The summed E-state index contributed by atoms with van der Waals surface area (Å²) in [6.45, 7) is -0.582. The number of halogens is 2. The van der Waals surface area contributed by atoms with Crippen molar-refractivity contribution in [2.75, 3.05) is 18.0 Å². The summed E-state index contributed by atoms with van der Waals surface area (Å²) in [5.41, 5.74) is 2.84. The first-order valence-electron chi connectivity index (χ1n) is 12.5. The maximum atomic E-state index is 13.5. The number of methoxy groups -OCH3 is 1. The molecule has 14 heteroatoms. The molecule has 0 aliphatic heterocycles. The van der Waals surface area contributed by atoms with Crippen LogP contribution in [-0.4, -0.2) is 39.1 Å². The van der Waals surface area contributed by atoms with Crippen molar-refractivity contribution in [2.45, 2.75) is 11.5 Å². The summed E-state index contributed by atoms with van der Waals surface area (Å²) in [6, 6.07) is 23.2. The number of nitrogens with zero attached hydrogens (tertiary/aromatic N) is 3. The Kier molecular flexibility index (Phi) is 10.3. The summed E-state index contributed by atoms with van der Waals surface area (Å²) in [6.07, 6.45) is 1.32. The molecule has 4 rings (SSSR count). The second-order valence-corrected chi connectivity index (χ2v) is 11.9. The number of anilines is 1. The number of nitro benzene ring substituents is 1. The lowest BCUT2D eigenvalue weighted by molar-refractivity contribution is -0.384. The third kappa shape index (κ3) is 7.69. The van der Waals surface area contributed by atoms with Crippen molar-refractivity contribution in [2.24, 2.45) is 5.10 Å². The number of hydrogen-bond donors (Lipinski definition) is 1. The van der Waals surface area contributed by atoms with Crippen LogP contribution in [0.5, 0.6) is 11.5 Å². The number of carbonyl (C=O) groups is 1. The number of hydrazone groups is 1. The van der Waals surface area contributed by atoms with Gasteiger partial charge in [0.25, 0.3) is 21.6 Å². The molecule has 0 saturated carbocycles. The molecule has 0 fully saturated rings. The molecule has 0 heterocycles. The zero-order chi connectivity index (χ0) is 31.0. The number of carbonyl (C=O) groups excluding carboxylic acids is 1. The first kappa shape index (κ1) is 31.5. The molecule has 11 nitrogen and oxygen atoms in total. The molecule has 0 aliphatic carbocycles. The van der Waals surface area contributed by atoms with Gasteiger partial charge in [0, 0.05) is 16.7 Å². The monoisotopic (exact) mass is 686 g/mol. The van der Waals surface area contributed by atoms with Gasteiger partial charge in [-0.05, 0) is 57.9 Å². The van der Waals surface area contributed by atoms with Crippen LogP contribution in [0.25, 0.3) is 0 Å². The average Bonchev–Trinajstić information content (AvgIpc) is 3.00. The molecule has 4 aromatic carbocycles. The van der Waals surface area contributed by atoms with Crippen molar-refractivity contribution < 1.29 is 27.6 Å². The van der Waals surface area contributed by atoms with Gasteiger partial charge < -0.3 is 9.47 Å². The SMILES string of the molecule is COc1cc(/C=N\NC(=O)CN(c2ccccc2[N+](=O)[O-])S(=O)(=O)c2ccccc2)cc(Br)c1OCc1ccccc1Cl. The molecule has 1 N–H and O–H groups in total. The minimum atomic E-state index is -4.36. The van der Waals surface area contributed by atoms with Gasteiger partial charge in [0.15, 0.2) is 11.5 Å². The summed E-state index contributed by atoms with van der Waals surface area (Å²) in [4.78, 5) is 23.7. The number of rotatable bonds is 12. The molecule has 43 heavy (non-hydrogen) atoms. The normalized spacial score (nSPS) is 11.2. The van der Waals surface area contributed by atoms with Gasteiger partial charge in [-0.3, -0.25) is 14.9 Å². The molecule has 0 bridgehead atoms. The van der Waals surface area contributed by atoms with Crippen molar-refractivity contribution >= 4 is 61.1 Å². The smallest absolute Gasteiger partial charge is 0.293 e. The lowest BCUT2D eigenvalue weighted by Crippen LogP contribution is -2.39. The van der Waals surface area contributed by atoms with E-state index in [-0.39, 0.29) is 17.2 Å². The van der Waals surface area contributed by atoms with Crippen LogP contribution in [0.4, 0.5) is 11.4 Å². The summed E-state index contributed by atoms with van der Waals surface area (Å²) in [7, 11) is -2.89. The Balaban J connectivity index is 1.53. The van der Waals surface area contributed by atoms with E-state index in [9.17, 15) is 23.3 Å². The highest BCUT2D eigenvalue weighted by Crippen LogP contribution is 2.37. The van der Waals surface area contributed by atoms with Crippen molar-refractivity contribution in [1.82, 2.24) is 5.43 Å². The van der Waals surface area contributed by atoms with Crippen molar-refractivity contribution in [1.29, 1.82) is 0 Å². The van der Waals surface area contributed by atoms with Gasteiger partial charge in [-0.2, -0.15) is 5.10 Å². The van der Waals surface area contributed by atoms with E-state index in [1.54, 1.807) is 24.3 Å². The third-order valence-electron chi connectivity index (χ3n) is 5.95. The summed E-state index contributed by atoms with van der Waals surface area (Å²) >= 11 is 9.67. The Bertz CT molecular complexity index is 1770. The van der Waals surface area contributed by atoms with Gasteiger partial charge >= 0.3 is 0 Å². The molecule has 0 aromatic heterocycles. The molecule has 4 aromatic rings. The zero-order valence-corrected chi connectivity index (χ0v) is 25.7. The topological polar surface area (TPSA) is 140 Å². The predicted octanol–water partition coefficient (Wildman–Crippen LogP) is 5.94. The lowest BCUT2D eigenvalue weighted by atomic mass is 10.2. The number of para-hydroxylation sites is 2. The molecule has 1 amide bonds. The Morgan fingerprint density at radius 1 is 1.07 bits per heavy atom. The Morgan fingerprint density at radius 2 is 1.74 bits per heavy atom. The zero-order valence-electron chi connectivity index (χ0n) is 22.5. The molecular formula is C29H24BrClN4O7S. The fraction of sp³-hybridized carbons (Fsp3) is 0.103. The van der Waals surface area contributed by atoms with Gasteiger partial charge in [-0.1, -0.05) is 60.1 Å². The minimum absolute atomic E-state index is 0.141. The van der Waals surface area contributed by atoms with E-state index < -0.39 is 33.1 Å². The Hall–Kier alpha value is -4.46. The molecule has 0 radical (unpaired) electrons. The van der Waals surface area contributed by atoms with E-state index in [4.69, 9.17) is 21.1 Å². The quantitative estimate of drug-likeness (QED) is 0.110. The number of hydrogen-bond acceptors (Lipinski definition) is 8. The van der Waals surface area contributed by atoms with Gasteiger partial charge in [0.05, 0.1) is 27.6 Å². The number of nitro groups is 1. The maximum Gasteiger partial charge on any atom is 0.293 e. The molecule has 0 spiro atoms. The van der Waals surface area contributed by atoms with Crippen LogP contribution in [0.15, 0.2) is 105 Å². The van der Waals surface area contributed by atoms with E-state index in [1.165, 1.54) is 55.8 Å². The van der Waals surface area contributed by atoms with Crippen LogP contribution in [0.3, 0.4) is 0 Å². The average molecular weight is 688 g/mol. The second kappa shape index (κ2) is 14.1. The van der Waals surface area contributed by atoms with E-state index >= 15 is 0 Å². The van der Waals surface area contributed by atoms with E-state index in [0.717, 1.165) is 11.6 Å². The van der Waals surface area contributed by atoms with Gasteiger partial charge in [0.1, 0.15) is 18.8 Å². The lowest BCUT2D eigenvalue weighted by Gasteiger charge is -2.23. The third-order valence-corrected chi connectivity index (χ3v) is 8.68. The largest absolute Gasteiger partial charge is 0.493 e. The number of ether oxygens (including phenoxy) is 2. The summed E-state index contributed by atoms with van der Waals surface area (Å²) in [5.74, 6) is -0.0276. The van der Waals surface area contributed by atoms with Gasteiger partial charge in [-0.15, -0.1) is 0 Å². The molecular weight excluding hydrogens is 664 g/mol. The van der Waals surface area contributed by atoms with Gasteiger partial charge in [-0.25, -0.2) is 18.1 Å². The van der Waals surface area contributed by atoms with Crippen molar-refractivity contribution in [3.63, 3.8) is 0 Å². The first-order valence-corrected chi connectivity index (χ1v) is 15.1. The van der Waals surface area contributed by atoms with Crippen LogP contribution in [-0.2, 0) is 21.4 Å². The van der Waals surface area contributed by atoms with Crippen molar-refractivity contribution in [3.05, 3.63) is 122 Å². The highest BCUT2D eigenvalue weighted by atomic mass is 79.9. The predicted molar refractivity (Wildman–Crippen MR) is 166 cm³/mol. The fourth-order valence-corrected chi connectivity index (χ4v) is 6.13. The highest BCUT2D eigenvalue weighted by Gasteiger charge is 2.31. The number of benzene rings is 4. The maximum absolute atomic E-state index is 13.5. The van der Waals surface area contributed by atoms with Gasteiger partial charge in [0.2, 0.25) is 0 Å².